The van der Waals surface area contributed by atoms with Gasteiger partial charge in [-0.2, -0.15) is 0 Å². The van der Waals surface area contributed by atoms with Crippen LogP contribution in [-0.2, 0) is 10.0 Å². The molecule has 8 heteroatoms. The van der Waals surface area contributed by atoms with Crippen LogP contribution in [0.15, 0.2) is 47.4 Å². The van der Waals surface area contributed by atoms with Gasteiger partial charge in [-0.15, -0.1) is 0 Å². The molecule has 0 aliphatic heterocycles. The summed E-state index contributed by atoms with van der Waals surface area (Å²) in [6, 6.07) is 10.9. The molecule has 0 saturated carbocycles. The third-order valence-corrected chi connectivity index (χ3v) is 5.58. The van der Waals surface area contributed by atoms with Crippen LogP contribution in [0.4, 0.5) is 0 Å². The number of sulfonamides is 1. The van der Waals surface area contributed by atoms with Gasteiger partial charge in [-0.3, -0.25) is 4.79 Å². The van der Waals surface area contributed by atoms with E-state index in [0.29, 0.717) is 5.02 Å². The average molecular weight is 387 g/mol. The van der Waals surface area contributed by atoms with E-state index in [9.17, 15) is 13.2 Å². The van der Waals surface area contributed by atoms with Crippen LogP contribution in [-0.4, -0.2) is 21.4 Å². The van der Waals surface area contributed by atoms with Crippen LogP contribution < -0.4 is 10.0 Å². The molecule has 0 fully saturated rings. The molecular formula is C16H16Cl2N2O3S. The lowest BCUT2D eigenvalue weighted by molar-refractivity contribution is 0.0939. The van der Waals surface area contributed by atoms with E-state index < -0.39 is 15.9 Å². The van der Waals surface area contributed by atoms with Crippen molar-refractivity contribution in [2.24, 2.45) is 0 Å². The first-order chi connectivity index (χ1) is 11.2. The zero-order valence-corrected chi connectivity index (χ0v) is 15.3. The second-order valence-electron chi connectivity index (χ2n) is 5.10. The van der Waals surface area contributed by atoms with Crippen molar-refractivity contribution < 1.29 is 13.2 Å². The minimum atomic E-state index is -3.75. The number of rotatable bonds is 5. The first-order valence-corrected chi connectivity index (χ1v) is 9.28. The van der Waals surface area contributed by atoms with Crippen LogP contribution in [0.1, 0.15) is 28.9 Å². The average Bonchev–Trinajstić information content (AvgIpc) is 2.54. The number of benzene rings is 2. The van der Waals surface area contributed by atoms with E-state index >= 15 is 0 Å². The maximum atomic E-state index is 12.4. The number of halogens is 2. The summed E-state index contributed by atoms with van der Waals surface area (Å²) in [5, 5.41) is 3.42. The van der Waals surface area contributed by atoms with E-state index in [1.54, 1.807) is 18.2 Å². The highest BCUT2D eigenvalue weighted by molar-refractivity contribution is 7.89. The van der Waals surface area contributed by atoms with Gasteiger partial charge in [0, 0.05) is 10.6 Å². The van der Waals surface area contributed by atoms with Crippen LogP contribution in [0.5, 0.6) is 0 Å². The van der Waals surface area contributed by atoms with Gasteiger partial charge in [-0.1, -0.05) is 35.3 Å². The Morgan fingerprint density at radius 3 is 2.46 bits per heavy atom. The number of amides is 1. The molecule has 0 heterocycles. The van der Waals surface area contributed by atoms with E-state index in [4.69, 9.17) is 23.2 Å². The van der Waals surface area contributed by atoms with Crippen molar-refractivity contribution in [3.05, 3.63) is 63.6 Å². The van der Waals surface area contributed by atoms with Gasteiger partial charge in [0.05, 0.1) is 11.1 Å². The summed E-state index contributed by atoms with van der Waals surface area (Å²) >= 11 is 11.9. The predicted octanol–water partition coefficient (Wildman–Crippen LogP) is 3.39. The van der Waals surface area contributed by atoms with Crippen molar-refractivity contribution in [2.75, 3.05) is 7.05 Å². The second-order valence-corrected chi connectivity index (χ2v) is 7.80. The van der Waals surface area contributed by atoms with E-state index in [0.717, 1.165) is 5.56 Å². The highest BCUT2D eigenvalue weighted by Gasteiger charge is 2.19. The molecule has 1 atom stereocenters. The van der Waals surface area contributed by atoms with Crippen molar-refractivity contribution in [3.63, 3.8) is 0 Å². The molecular weight excluding hydrogens is 371 g/mol. The number of carbonyl (C=O) groups is 1. The van der Waals surface area contributed by atoms with Gasteiger partial charge < -0.3 is 5.32 Å². The monoisotopic (exact) mass is 386 g/mol. The molecule has 0 aromatic heterocycles. The van der Waals surface area contributed by atoms with Gasteiger partial charge in [0.1, 0.15) is 4.90 Å². The van der Waals surface area contributed by atoms with Gasteiger partial charge in [0.2, 0.25) is 10.0 Å². The summed E-state index contributed by atoms with van der Waals surface area (Å²) in [5.41, 5.74) is 1.04. The fourth-order valence-electron chi connectivity index (χ4n) is 2.10. The van der Waals surface area contributed by atoms with Crippen LogP contribution in [0.25, 0.3) is 0 Å². The lowest BCUT2D eigenvalue weighted by atomic mass is 10.1. The Labute approximate surface area is 151 Å². The SMILES string of the molecule is CNS(=O)(=O)c1cc(C(=O)NC(C)c2cccc(Cl)c2)ccc1Cl. The molecule has 2 rings (SSSR count). The normalized spacial score (nSPS) is 12.7. The molecule has 1 amide bonds. The highest BCUT2D eigenvalue weighted by atomic mass is 35.5. The molecule has 0 aliphatic rings. The molecule has 0 saturated heterocycles. The molecule has 1 unspecified atom stereocenters. The molecule has 2 N–H and O–H groups in total. The minimum absolute atomic E-state index is 0.0452. The Balaban J connectivity index is 2.26. The van der Waals surface area contributed by atoms with Crippen molar-refractivity contribution in [1.82, 2.24) is 10.0 Å². The van der Waals surface area contributed by atoms with Crippen LogP contribution in [0, 0.1) is 0 Å². The van der Waals surface area contributed by atoms with E-state index in [1.165, 1.54) is 25.2 Å². The summed E-state index contributed by atoms with van der Waals surface area (Å²) in [7, 11) is -2.47. The number of nitrogens with one attached hydrogen (secondary N) is 2. The van der Waals surface area contributed by atoms with Crippen LogP contribution in [0.3, 0.4) is 0 Å². The fraction of sp³-hybridized carbons (Fsp3) is 0.188. The quantitative estimate of drug-likeness (QED) is 0.826. The van der Waals surface area contributed by atoms with E-state index in [2.05, 4.69) is 10.0 Å². The summed E-state index contributed by atoms with van der Waals surface area (Å²) in [5.74, 6) is -0.410. The Hall–Kier alpha value is -1.60. The lowest BCUT2D eigenvalue weighted by Crippen LogP contribution is -2.27. The second kappa shape index (κ2) is 7.53. The van der Waals surface area contributed by atoms with E-state index in [-0.39, 0.29) is 21.5 Å². The number of carbonyl (C=O) groups excluding carboxylic acids is 1. The van der Waals surface area contributed by atoms with Crippen molar-refractivity contribution in [1.29, 1.82) is 0 Å². The molecule has 0 bridgehead atoms. The van der Waals surface area contributed by atoms with Gasteiger partial charge in [0.25, 0.3) is 5.91 Å². The van der Waals surface area contributed by atoms with Crippen LogP contribution >= 0.6 is 23.2 Å². The Morgan fingerprint density at radius 1 is 1.12 bits per heavy atom. The highest BCUT2D eigenvalue weighted by Crippen LogP contribution is 2.23. The van der Waals surface area contributed by atoms with Gasteiger partial charge in [-0.05, 0) is 49.9 Å². The maximum Gasteiger partial charge on any atom is 0.251 e. The molecule has 128 valence electrons. The Kier molecular flexibility index (Phi) is 5.87. The predicted molar refractivity (Wildman–Crippen MR) is 95.0 cm³/mol. The molecule has 2 aromatic carbocycles. The molecule has 0 spiro atoms. The van der Waals surface area contributed by atoms with Gasteiger partial charge in [0.15, 0.2) is 0 Å². The van der Waals surface area contributed by atoms with Gasteiger partial charge in [-0.25, -0.2) is 13.1 Å². The summed E-state index contributed by atoms with van der Waals surface area (Å²) in [6.45, 7) is 1.81. The molecule has 24 heavy (non-hydrogen) atoms. The smallest absolute Gasteiger partial charge is 0.251 e. The largest absolute Gasteiger partial charge is 0.346 e. The number of hydrogen-bond donors (Lipinski definition) is 2. The summed E-state index contributed by atoms with van der Waals surface area (Å²) < 4.78 is 26.1. The molecule has 5 nitrogen and oxygen atoms in total. The standard InChI is InChI=1S/C16H16Cl2N2O3S/c1-10(11-4-3-5-13(17)8-11)20-16(21)12-6-7-14(18)15(9-12)24(22,23)19-2/h3-10,19H,1-2H3,(H,20,21). The van der Waals surface area contributed by atoms with Crippen molar-refractivity contribution in [3.8, 4) is 0 Å². The Bertz CT molecular complexity index is 869. The van der Waals surface area contributed by atoms with Gasteiger partial charge >= 0.3 is 0 Å². The third kappa shape index (κ3) is 4.27. The van der Waals surface area contributed by atoms with Crippen molar-refractivity contribution >= 4 is 39.1 Å². The summed E-state index contributed by atoms with van der Waals surface area (Å²) in [4.78, 5) is 12.2. The minimum Gasteiger partial charge on any atom is -0.346 e. The lowest BCUT2D eigenvalue weighted by Gasteiger charge is -2.15. The zero-order valence-electron chi connectivity index (χ0n) is 13.0. The summed E-state index contributed by atoms with van der Waals surface area (Å²) in [6.07, 6.45) is 0. The maximum absolute atomic E-state index is 12.4. The Morgan fingerprint density at radius 2 is 1.83 bits per heavy atom. The van der Waals surface area contributed by atoms with Crippen molar-refractivity contribution in [2.45, 2.75) is 17.9 Å². The third-order valence-electron chi connectivity index (χ3n) is 3.45. The molecule has 2 aromatic rings. The molecule has 0 aliphatic carbocycles. The topological polar surface area (TPSA) is 75.3 Å². The van der Waals surface area contributed by atoms with Crippen LogP contribution in [0.2, 0.25) is 10.0 Å². The molecule has 0 radical (unpaired) electrons. The first-order valence-electron chi connectivity index (χ1n) is 7.04. The zero-order chi connectivity index (χ0) is 17.9. The fourth-order valence-corrected chi connectivity index (χ4v) is 3.55. The first kappa shape index (κ1) is 18.7. The van der Waals surface area contributed by atoms with E-state index in [1.807, 2.05) is 13.0 Å². The number of hydrogen-bond acceptors (Lipinski definition) is 3.